The molecule has 1 rings (SSSR count). The fraction of sp³-hybridized carbons (Fsp3) is 0.727. The van der Waals surface area contributed by atoms with Crippen LogP contribution in [0.5, 0.6) is 0 Å². The third-order valence-corrected chi connectivity index (χ3v) is 2.51. The van der Waals surface area contributed by atoms with Gasteiger partial charge in [-0.05, 0) is 6.42 Å². The zero-order valence-corrected chi connectivity index (χ0v) is 9.78. The Bertz CT molecular complexity index is 331. The number of rotatable bonds is 5. The second-order valence-electron chi connectivity index (χ2n) is 4.15. The minimum Gasteiger partial charge on any atom is -0.339 e. The highest BCUT2D eigenvalue weighted by Gasteiger charge is 2.16. The van der Waals surface area contributed by atoms with Crippen LogP contribution in [-0.4, -0.2) is 15.9 Å². The van der Waals surface area contributed by atoms with Crippen LogP contribution in [0.3, 0.4) is 0 Å². The minimum atomic E-state index is 0.0175. The van der Waals surface area contributed by atoms with E-state index < -0.39 is 0 Å². The van der Waals surface area contributed by atoms with Crippen molar-refractivity contribution in [2.75, 3.05) is 0 Å². The van der Waals surface area contributed by atoms with Crippen molar-refractivity contribution in [3.63, 3.8) is 0 Å². The van der Waals surface area contributed by atoms with E-state index in [1.54, 1.807) is 0 Å². The first kappa shape index (κ1) is 11.9. The van der Waals surface area contributed by atoms with Crippen molar-refractivity contribution >= 4 is 5.78 Å². The third-order valence-electron chi connectivity index (χ3n) is 2.51. The number of carbonyl (C=O) groups is 1. The van der Waals surface area contributed by atoms with Crippen molar-refractivity contribution in [2.24, 2.45) is 5.92 Å². The lowest BCUT2D eigenvalue weighted by atomic mass is 10.1. The molecule has 0 fully saturated rings. The van der Waals surface area contributed by atoms with Crippen LogP contribution in [0.1, 0.15) is 51.7 Å². The number of hydrogen-bond acceptors (Lipinski definition) is 4. The molecule has 1 heterocycles. The highest BCUT2D eigenvalue weighted by atomic mass is 16.5. The van der Waals surface area contributed by atoms with Crippen LogP contribution in [0.25, 0.3) is 0 Å². The average molecular weight is 210 g/mol. The smallest absolute Gasteiger partial charge is 0.234 e. The van der Waals surface area contributed by atoms with E-state index in [0.717, 1.165) is 6.42 Å². The van der Waals surface area contributed by atoms with E-state index in [4.69, 9.17) is 4.52 Å². The highest BCUT2D eigenvalue weighted by molar-refractivity contribution is 5.81. The Labute approximate surface area is 90.1 Å². The first-order valence-corrected chi connectivity index (χ1v) is 5.39. The van der Waals surface area contributed by atoms with Crippen LogP contribution >= 0.6 is 0 Å². The Morgan fingerprint density at radius 1 is 1.40 bits per heavy atom. The Balaban J connectivity index is 2.64. The molecule has 0 aliphatic rings. The van der Waals surface area contributed by atoms with Gasteiger partial charge >= 0.3 is 0 Å². The summed E-state index contributed by atoms with van der Waals surface area (Å²) in [6.07, 6.45) is 1.22. The fourth-order valence-electron chi connectivity index (χ4n) is 1.08. The summed E-state index contributed by atoms with van der Waals surface area (Å²) < 4.78 is 5.03. The van der Waals surface area contributed by atoms with Gasteiger partial charge in [0.05, 0.1) is 6.42 Å². The zero-order chi connectivity index (χ0) is 11.4. The summed E-state index contributed by atoms with van der Waals surface area (Å²) in [7, 11) is 0. The van der Waals surface area contributed by atoms with Gasteiger partial charge in [-0.25, -0.2) is 0 Å². The van der Waals surface area contributed by atoms with Gasteiger partial charge in [0.15, 0.2) is 5.82 Å². The van der Waals surface area contributed by atoms with E-state index in [1.807, 2.05) is 20.8 Å². The van der Waals surface area contributed by atoms with Crippen LogP contribution in [0.4, 0.5) is 0 Å². The second-order valence-corrected chi connectivity index (χ2v) is 4.15. The monoisotopic (exact) mass is 210 g/mol. The van der Waals surface area contributed by atoms with E-state index in [1.165, 1.54) is 0 Å². The number of carbonyl (C=O) groups excluding carboxylic acids is 1. The maximum Gasteiger partial charge on any atom is 0.234 e. The number of Topliss-reactive ketones (excluding diaryl/α,β-unsaturated/α-hetero) is 1. The topological polar surface area (TPSA) is 56.0 Å². The van der Waals surface area contributed by atoms with Crippen molar-refractivity contribution in [1.82, 2.24) is 10.1 Å². The highest BCUT2D eigenvalue weighted by Crippen LogP contribution is 2.15. The van der Waals surface area contributed by atoms with Gasteiger partial charge in [-0.3, -0.25) is 4.79 Å². The van der Waals surface area contributed by atoms with E-state index >= 15 is 0 Å². The predicted octanol–water partition coefficient (Wildman–Crippen LogP) is 2.35. The molecule has 84 valence electrons. The Morgan fingerprint density at radius 2 is 2.07 bits per heavy atom. The van der Waals surface area contributed by atoms with Crippen LogP contribution in [0.15, 0.2) is 4.52 Å². The molecule has 1 aromatic rings. The molecule has 1 aromatic heterocycles. The molecule has 0 amide bonds. The molecular formula is C11H18N2O2. The van der Waals surface area contributed by atoms with Gasteiger partial charge in [0.1, 0.15) is 5.78 Å². The zero-order valence-electron chi connectivity index (χ0n) is 9.78. The summed E-state index contributed by atoms with van der Waals surface area (Å²) in [5.74, 6) is 1.57. The van der Waals surface area contributed by atoms with Gasteiger partial charge < -0.3 is 4.52 Å². The van der Waals surface area contributed by atoms with E-state index in [0.29, 0.717) is 11.7 Å². The van der Waals surface area contributed by atoms with E-state index in [-0.39, 0.29) is 24.0 Å². The number of ketones is 1. The quantitative estimate of drug-likeness (QED) is 0.748. The molecule has 0 aliphatic carbocycles. The molecule has 1 atom stereocenters. The van der Waals surface area contributed by atoms with Gasteiger partial charge in [0, 0.05) is 11.8 Å². The molecule has 0 saturated carbocycles. The summed E-state index contributed by atoms with van der Waals surface area (Å²) in [5, 5.41) is 3.86. The molecule has 0 aliphatic heterocycles. The normalized spacial score (nSPS) is 13.1. The number of aromatic nitrogens is 2. The molecule has 0 spiro atoms. The summed E-state index contributed by atoms with van der Waals surface area (Å²) in [4.78, 5) is 15.6. The fourth-order valence-corrected chi connectivity index (χ4v) is 1.08. The molecular weight excluding hydrogens is 192 g/mol. The molecule has 0 saturated heterocycles. The standard InChI is InChI=1S/C11H18N2O2/c1-5-8(4)11-12-10(15-13-11)6-9(14)7(2)3/h7-8H,5-6H2,1-4H3. The van der Waals surface area contributed by atoms with Crippen LogP contribution in [-0.2, 0) is 11.2 Å². The molecule has 4 heteroatoms. The van der Waals surface area contributed by atoms with Gasteiger partial charge in [-0.1, -0.05) is 32.9 Å². The Hall–Kier alpha value is -1.19. The van der Waals surface area contributed by atoms with Crippen molar-refractivity contribution in [2.45, 2.75) is 46.5 Å². The summed E-state index contributed by atoms with van der Waals surface area (Å²) >= 11 is 0. The summed E-state index contributed by atoms with van der Waals surface area (Å²) in [6.45, 7) is 7.85. The second kappa shape index (κ2) is 5.05. The lowest BCUT2D eigenvalue weighted by Crippen LogP contribution is -2.10. The molecule has 1 unspecified atom stereocenters. The van der Waals surface area contributed by atoms with Gasteiger partial charge in [0.25, 0.3) is 0 Å². The predicted molar refractivity (Wildman–Crippen MR) is 56.6 cm³/mol. The van der Waals surface area contributed by atoms with Crippen molar-refractivity contribution in [3.8, 4) is 0 Å². The largest absolute Gasteiger partial charge is 0.339 e. The average Bonchev–Trinajstić information content (AvgIpc) is 2.65. The van der Waals surface area contributed by atoms with Gasteiger partial charge in [-0.15, -0.1) is 0 Å². The Kier molecular flexibility index (Phi) is 4.00. The lowest BCUT2D eigenvalue weighted by Gasteiger charge is -2.00. The molecule has 0 bridgehead atoms. The van der Waals surface area contributed by atoms with Gasteiger partial charge in [-0.2, -0.15) is 4.98 Å². The molecule has 4 nitrogen and oxygen atoms in total. The van der Waals surface area contributed by atoms with Crippen LogP contribution in [0.2, 0.25) is 0 Å². The van der Waals surface area contributed by atoms with Crippen molar-refractivity contribution in [1.29, 1.82) is 0 Å². The first-order chi connectivity index (χ1) is 7.04. The first-order valence-electron chi connectivity index (χ1n) is 5.39. The summed E-state index contributed by atoms with van der Waals surface area (Å²) in [5.41, 5.74) is 0. The number of nitrogens with zero attached hydrogens (tertiary/aromatic N) is 2. The minimum absolute atomic E-state index is 0.0175. The molecule has 0 radical (unpaired) electrons. The van der Waals surface area contributed by atoms with Crippen LogP contribution < -0.4 is 0 Å². The summed E-state index contributed by atoms with van der Waals surface area (Å²) in [6, 6.07) is 0. The van der Waals surface area contributed by atoms with Crippen molar-refractivity contribution < 1.29 is 9.32 Å². The molecule has 0 aromatic carbocycles. The van der Waals surface area contributed by atoms with Gasteiger partial charge in [0.2, 0.25) is 5.89 Å². The maximum absolute atomic E-state index is 11.4. The SMILES string of the molecule is CCC(C)c1noc(CC(=O)C(C)C)n1. The number of hydrogen-bond donors (Lipinski definition) is 0. The van der Waals surface area contributed by atoms with Crippen molar-refractivity contribution in [3.05, 3.63) is 11.7 Å². The lowest BCUT2D eigenvalue weighted by molar-refractivity contribution is -0.121. The molecule has 15 heavy (non-hydrogen) atoms. The maximum atomic E-state index is 11.4. The third kappa shape index (κ3) is 3.15. The van der Waals surface area contributed by atoms with Crippen LogP contribution in [0, 0.1) is 5.92 Å². The Morgan fingerprint density at radius 3 is 2.60 bits per heavy atom. The van der Waals surface area contributed by atoms with E-state index in [2.05, 4.69) is 17.1 Å². The molecule has 0 N–H and O–H groups in total. The van der Waals surface area contributed by atoms with E-state index in [9.17, 15) is 4.79 Å².